The fourth-order valence-electron chi connectivity index (χ4n) is 4.92. The van der Waals surface area contributed by atoms with Gasteiger partial charge in [-0.05, 0) is 79.0 Å². The fraction of sp³-hybridized carbons (Fsp3) is 0.531. The van der Waals surface area contributed by atoms with Gasteiger partial charge in [0.2, 0.25) is 0 Å². The van der Waals surface area contributed by atoms with Gasteiger partial charge < -0.3 is 4.74 Å². The van der Waals surface area contributed by atoms with E-state index in [0.717, 1.165) is 18.8 Å². The third-order valence-corrected chi connectivity index (χ3v) is 7.18. The number of carbonyl (C=O) groups excluding carboxylic acids is 1. The molecule has 2 heteroatoms. The zero-order chi connectivity index (χ0) is 24.0. The van der Waals surface area contributed by atoms with Gasteiger partial charge in [-0.2, -0.15) is 0 Å². The van der Waals surface area contributed by atoms with Crippen molar-refractivity contribution >= 4 is 11.5 Å². The van der Waals surface area contributed by atoms with E-state index in [1.54, 1.807) is 0 Å². The lowest BCUT2D eigenvalue weighted by Crippen LogP contribution is -2.09. The summed E-state index contributed by atoms with van der Waals surface area (Å²) in [6.07, 6.45) is 20.4. The van der Waals surface area contributed by atoms with Gasteiger partial charge in [0.1, 0.15) is 5.75 Å². The number of esters is 1. The molecule has 1 unspecified atom stereocenters. The van der Waals surface area contributed by atoms with E-state index in [9.17, 15) is 4.79 Å². The maximum absolute atomic E-state index is 12.6. The van der Waals surface area contributed by atoms with Crippen molar-refractivity contribution in [2.24, 2.45) is 5.92 Å². The lowest BCUT2D eigenvalue weighted by Gasteiger charge is -2.22. The predicted octanol–water partition coefficient (Wildman–Crippen LogP) is 9.57. The van der Waals surface area contributed by atoms with Crippen LogP contribution in [0.15, 0.2) is 54.6 Å². The molecule has 0 amide bonds. The van der Waals surface area contributed by atoms with Gasteiger partial charge in [-0.1, -0.05) is 102 Å². The summed E-state index contributed by atoms with van der Waals surface area (Å²) in [6.45, 7) is 4.51. The van der Waals surface area contributed by atoms with Crippen LogP contribution in [0.3, 0.4) is 0 Å². The van der Waals surface area contributed by atoms with Crippen molar-refractivity contribution in [3.63, 3.8) is 0 Å². The minimum Gasteiger partial charge on any atom is -0.423 e. The molecule has 0 spiro atoms. The van der Waals surface area contributed by atoms with Crippen molar-refractivity contribution in [3.05, 3.63) is 71.3 Å². The fourth-order valence-corrected chi connectivity index (χ4v) is 4.92. The van der Waals surface area contributed by atoms with Crippen LogP contribution in [0.25, 0.3) is 5.57 Å². The number of allylic oxidation sites excluding steroid dienone is 2. The Bertz CT molecular complexity index is 876. The van der Waals surface area contributed by atoms with Crippen LogP contribution in [-0.4, -0.2) is 5.97 Å². The van der Waals surface area contributed by atoms with Gasteiger partial charge in [0.25, 0.3) is 0 Å². The van der Waals surface area contributed by atoms with Crippen molar-refractivity contribution in [1.82, 2.24) is 0 Å². The Hall–Kier alpha value is -2.35. The van der Waals surface area contributed by atoms with Crippen LogP contribution in [0.2, 0.25) is 0 Å². The normalized spacial score (nSPS) is 15.7. The van der Waals surface area contributed by atoms with E-state index in [4.69, 9.17) is 4.74 Å². The molecule has 1 atom stereocenters. The van der Waals surface area contributed by atoms with Crippen molar-refractivity contribution < 1.29 is 9.53 Å². The second-order valence-corrected chi connectivity index (χ2v) is 9.99. The minimum atomic E-state index is -0.289. The number of ether oxygens (including phenoxy) is 1. The largest absolute Gasteiger partial charge is 0.423 e. The zero-order valence-corrected chi connectivity index (χ0v) is 21.5. The maximum Gasteiger partial charge on any atom is 0.343 e. The van der Waals surface area contributed by atoms with Gasteiger partial charge in [-0.25, -0.2) is 4.79 Å². The molecule has 0 radical (unpaired) electrons. The molecule has 0 bridgehead atoms. The Balaban J connectivity index is 1.44. The Labute approximate surface area is 207 Å². The first-order chi connectivity index (χ1) is 16.7. The molecule has 0 saturated carbocycles. The standard InChI is InChI=1S/C32H44O2/c1-3-5-7-9-11-13-26-14-18-28(19-15-26)29-20-22-30(23-21-29)32(33)34-31-24-16-27(17-25-31)12-10-8-6-4-2/h16-18,20-26H,3-15,19H2,1-2H3. The van der Waals surface area contributed by atoms with Crippen LogP contribution >= 0.6 is 0 Å². The number of aryl methyl sites for hydroxylation is 1. The van der Waals surface area contributed by atoms with E-state index in [1.165, 1.54) is 93.7 Å². The summed E-state index contributed by atoms with van der Waals surface area (Å²) in [5.74, 6) is 1.17. The first-order valence-electron chi connectivity index (χ1n) is 13.8. The van der Waals surface area contributed by atoms with Gasteiger partial charge in [-0.15, -0.1) is 0 Å². The van der Waals surface area contributed by atoms with E-state index < -0.39 is 0 Å². The first kappa shape index (κ1) is 26.3. The summed E-state index contributed by atoms with van der Waals surface area (Å²) < 4.78 is 5.61. The Morgan fingerprint density at radius 1 is 0.824 bits per heavy atom. The number of benzene rings is 2. The molecule has 2 aromatic rings. The number of hydrogen-bond donors (Lipinski definition) is 0. The number of rotatable bonds is 14. The molecule has 1 aliphatic carbocycles. The number of carbonyl (C=O) groups is 1. The summed E-state index contributed by atoms with van der Waals surface area (Å²) in [6, 6.07) is 15.9. The SMILES string of the molecule is CCCCCCCC1CC=C(c2ccc(C(=O)Oc3ccc(CCCCCC)cc3)cc2)CC1. The van der Waals surface area contributed by atoms with Gasteiger partial charge in [0.05, 0.1) is 5.56 Å². The molecule has 0 fully saturated rings. The van der Waals surface area contributed by atoms with Crippen molar-refractivity contribution in [1.29, 1.82) is 0 Å². The van der Waals surface area contributed by atoms with E-state index in [2.05, 4.69) is 44.2 Å². The smallest absolute Gasteiger partial charge is 0.343 e. The van der Waals surface area contributed by atoms with Crippen LogP contribution in [0.4, 0.5) is 0 Å². The Kier molecular flexibility index (Phi) is 11.4. The molecule has 34 heavy (non-hydrogen) atoms. The highest BCUT2D eigenvalue weighted by Gasteiger charge is 2.16. The molecule has 184 valence electrons. The van der Waals surface area contributed by atoms with Crippen LogP contribution in [0.1, 0.15) is 119 Å². The molecular formula is C32H44O2. The van der Waals surface area contributed by atoms with Crippen LogP contribution in [0, 0.1) is 5.92 Å². The van der Waals surface area contributed by atoms with Gasteiger partial charge >= 0.3 is 5.97 Å². The molecule has 2 nitrogen and oxygen atoms in total. The third kappa shape index (κ3) is 8.78. The van der Waals surface area contributed by atoms with Gasteiger partial charge in [0, 0.05) is 0 Å². The minimum absolute atomic E-state index is 0.289. The maximum atomic E-state index is 12.6. The second kappa shape index (κ2) is 14.8. The average Bonchev–Trinajstić information content (AvgIpc) is 2.88. The third-order valence-electron chi connectivity index (χ3n) is 7.18. The lowest BCUT2D eigenvalue weighted by atomic mass is 9.83. The highest BCUT2D eigenvalue weighted by Crippen LogP contribution is 2.33. The molecule has 0 aliphatic heterocycles. The van der Waals surface area contributed by atoms with E-state index in [0.29, 0.717) is 11.3 Å². The second-order valence-electron chi connectivity index (χ2n) is 9.99. The molecule has 0 saturated heterocycles. The van der Waals surface area contributed by atoms with Crippen molar-refractivity contribution in [2.45, 2.75) is 104 Å². The molecular weight excluding hydrogens is 416 g/mol. The summed E-state index contributed by atoms with van der Waals surface area (Å²) in [4.78, 5) is 12.6. The molecule has 3 rings (SSSR count). The molecule has 0 heterocycles. The van der Waals surface area contributed by atoms with E-state index in [-0.39, 0.29) is 5.97 Å². The Morgan fingerprint density at radius 3 is 2.15 bits per heavy atom. The van der Waals surface area contributed by atoms with Crippen molar-refractivity contribution in [2.75, 3.05) is 0 Å². The number of hydrogen-bond acceptors (Lipinski definition) is 2. The number of unbranched alkanes of at least 4 members (excludes halogenated alkanes) is 7. The highest BCUT2D eigenvalue weighted by atomic mass is 16.5. The summed E-state index contributed by atoms with van der Waals surface area (Å²) >= 11 is 0. The molecule has 0 N–H and O–H groups in total. The van der Waals surface area contributed by atoms with Crippen LogP contribution in [-0.2, 0) is 6.42 Å². The van der Waals surface area contributed by atoms with E-state index in [1.807, 2.05) is 24.3 Å². The highest BCUT2D eigenvalue weighted by molar-refractivity contribution is 5.91. The summed E-state index contributed by atoms with van der Waals surface area (Å²) in [5, 5.41) is 0. The summed E-state index contributed by atoms with van der Waals surface area (Å²) in [7, 11) is 0. The molecule has 2 aromatic carbocycles. The molecule has 0 aromatic heterocycles. The zero-order valence-electron chi connectivity index (χ0n) is 21.5. The quantitative estimate of drug-likeness (QED) is 0.159. The van der Waals surface area contributed by atoms with Crippen LogP contribution in [0.5, 0.6) is 5.75 Å². The Morgan fingerprint density at radius 2 is 1.50 bits per heavy atom. The van der Waals surface area contributed by atoms with Crippen molar-refractivity contribution in [3.8, 4) is 5.75 Å². The monoisotopic (exact) mass is 460 g/mol. The topological polar surface area (TPSA) is 26.3 Å². The van der Waals surface area contributed by atoms with Gasteiger partial charge in [-0.3, -0.25) is 0 Å². The summed E-state index contributed by atoms with van der Waals surface area (Å²) in [5.41, 5.74) is 4.58. The average molecular weight is 461 g/mol. The molecule has 1 aliphatic rings. The van der Waals surface area contributed by atoms with Gasteiger partial charge in [0.15, 0.2) is 0 Å². The first-order valence-corrected chi connectivity index (χ1v) is 13.8. The van der Waals surface area contributed by atoms with Crippen LogP contribution < -0.4 is 4.74 Å². The van der Waals surface area contributed by atoms with E-state index >= 15 is 0 Å². The lowest BCUT2D eigenvalue weighted by molar-refractivity contribution is 0.0734. The predicted molar refractivity (Wildman–Crippen MR) is 144 cm³/mol.